The number of benzene rings is 2. The van der Waals surface area contributed by atoms with E-state index >= 15 is 0 Å². The zero-order valence-electron chi connectivity index (χ0n) is 15.8. The molecule has 0 spiro atoms. The molecule has 1 fully saturated rings. The van der Waals surface area contributed by atoms with Crippen LogP contribution in [-0.2, 0) is 14.8 Å². The lowest BCUT2D eigenvalue weighted by atomic mass is 9.96. The van der Waals surface area contributed by atoms with Crippen molar-refractivity contribution in [2.75, 3.05) is 13.1 Å². The van der Waals surface area contributed by atoms with E-state index in [1.165, 1.54) is 16.4 Å². The highest BCUT2D eigenvalue weighted by atomic mass is 32.2. The maximum Gasteiger partial charge on any atom is 0.243 e. The highest BCUT2D eigenvalue weighted by Gasteiger charge is 2.39. The number of carbonyl (C=O) groups excluding carboxylic acids is 1. The molecule has 0 aromatic heterocycles. The number of amides is 1. The van der Waals surface area contributed by atoms with Gasteiger partial charge in [0.2, 0.25) is 15.9 Å². The topological polar surface area (TPSA) is 66.5 Å². The molecule has 0 radical (unpaired) electrons. The Kier molecular flexibility index (Phi) is 6.46. The van der Waals surface area contributed by atoms with E-state index in [9.17, 15) is 17.6 Å². The van der Waals surface area contributed by atoms with E-state index in [0.29, 0.717) is 19.4 Å². The van der Waals surface area contributed by atoms with Gasteiger partial charge in [-0.1, -0.05) is 37.3 Å². The fourth-order valence-electron chi connectivity index (χ4n) is 3.60. The van der Waals surface area contributed by atoms with E-state index in [1.807, 2.05) is 30.3 Å². The lowest BCUT2D eigenvalue weighted by Crippen LogP contribution is -2.46. The summed E-state index contributed by atoms with van der Waals surface area (Å²) in [6.45, 7) is 2.80. The smallest absolute Gasteiger partial charge is 0.243 e. The first kappa shape index (κ1) is 20.5. The second kappa shape index (κ2) is 8.84. The van der Waals surface area contributed by atoms with Gasteiger partial charge in [-0.3, -0.25) is 4.79 Å². The lowest BCUT2D eigenvalue weighted by molar-refractivity contribution is -0.124. The summed E-state index contributed by atoms with van der Waals surface area (Å²) in [5.41, 5.74) is 1.15. The average Bonchev–Trinajstić information content (AvgIpc) is 3.20. The van der Waals surface area contributed by atoms with Gasteiger partial charge in [-0.05, 0) is 49.1 Å². The van der Waals surface area contributed by atoms with Crippen molar-refractivity contribution in [2.24, 2.45) is 0 Å². The van der Waals surface area contributed by atoms with Crippen molar-refractivity contribution in [3.05, 3.63) is 66.0 Å². The molecule has 1 saturated heterocycles. The number of sulfonamides is 1. The van der Waals surface area contributed by atoms with Crippen LogP contribution in [-0.4, -0.2) is 37.8 Å². The fourth-order valence-corrected chi connectivity index (χ4v) is 5.25. The number of rotatable bonds is 7. The SMILES string of the molecule is CC[C@@H](CNC(=O)[C@H]1CCCN1S(=O)(=O)c1ccc(F)cc1)c1ccccc1. The third-order valence-electron chi connectivity index (χ3n) is 5.21. The highest BCUT2D eigenvalue weighted by Crippen LogP contribution is 2.27. The van der Waals surface area contributed by atoms with Crippen LogP contribution in [0.5, 0.6) is 0 Å². The standard InChI is InChI=1S/C21H25FN2O3S/c1-2-16(17-7-4-3-5-8-17)15-23-21(25)20-9-6-14-24(20)28(26,27)19-12-10-18(22)11-13-19/h3-5,7-8,10-13,16,20H,2,6,9,14-15H2,1H3,(H,23,25)/t16-,20+/m0/s1. The minimum atomic E-state index is -3.84. The zero-order chi connectivity index (χ0) is 20.1. The average molecular weight is 405 g/mol. The first-order valence-corrected chi connectivity index (χ1v) is 11.0. The van der Waals surface area contributed by atoms with Crippen LogP contribution in [0.15, 0.2) is 59.5 Å². The fraction of sp³-hybridized carbons (Fsp3) is 0.381. The molecule has 7 heteroatoms. The molecule has 1 N–H and O–H groups in total. The van der Waals surface area contributed by atoms with Gasteiger partial charge in [-0.25, -0.2) is 12.8 Å². The van der Waals surface area contributed by atoms with Crippen LogP contribution in [0.25, 0.3) is 0 Å². The van der Waals surface area contributed by atoms with Gasteiger partial charge in [0.1, 0.15) is 11.9 Å². The second-order valence-electron chi connectivity index (χ2n) is 6.99. The van der Waals surface area contributed by atoms with Gasteiger partial charge < -0.3 is 5.32 Å². The van der Waals surface area contributed by atoms with Crippen LogP contribution >= 0.6 is 0 Å². The molecule has 1 aliphatic heterocycles. The zero-order valence-corrected chi connectivity index (χ0v) is 16.7. The summed E-state index contributed by atoms with van der Waals surface area (Å²) in [7, 11) is -3.84. The van der Waals surface area contributed by atoms with Crippen LogP contribution in [0.3, 0.4) is 0 Å². The summed E-state index contributed by atoms with van der Waals surface area (Å²) in [5, 5.41) is 2.93. The molecule has 0 unspecified atom stereocenters. The summed E-state index contributed by atoms with van der Waals surface area (Å²) >= 11 is 0. The number of nitrogens with zero attached hydrogens (tertiary/aromatic N) is 1. The predicted octanol–water partition coefficient (Wildman–Crippen LogP) is 3.29. The molecule has 0 saturated carbocycles. The van der Waals surface area contributed by atoms with Crippen molar-refractivity contribution < 1.29 is 17.6 Å². The summed E-state index contributed by atoms with van der Waals surface area (Å²) < 4.78 is 40.2. The van der Waals surface area contributed by atoms with Gasteiger partial charge in [0.05, 0.1) is 4.90 Å². The summed E-state index contributed by atoms with van der Waals surface area (Å²) in [4.78, 5) is 12.8. The van der Waals surface area contributed by atoms with Gasteiger partial charge in [-0.2, -0.15) is 4.31 Å². The Labute approximate surface area is 165 Å². The maximum atomic E-state index is 13.1. The number of hydrogen-bond donors (Lipinski definition) is 1. The summed E-state index contributed by atoms with van der Waals surface area (Å²) in [5.74, 6) is -0.604. The number of nitrogens with one attached hydrogen (secondary N) is 1. The number of hydrogen-bond acceptors (Lipinski definition) is 3. The third-order valence-corrected chi connectivity index (χ3v) is 7.14. The van der Waals surface area contributed by atoms with E-state index in [1.54, 1.807) is 0 Å². The summed E-state index contributed by atoms with van der Waals surface area (Å²) in [6, 6.07) is 13.9. The molecule has 3 rings (SSSR count). The molecule has 0 bridgehead atoms. The summed E-state index contributed by atoms with van der Waals surface area (Å²) in [6.07, 6.45) is 1.97. The van der Waals surface area contributed by atoms with Crippen molar-refractivity contribution in [1.29, 1.82) is 0 Å². The normalized spacial score (nSPS) is 18.7. The molecule has 2 aromatic rings. The van der Waals surface area contributed by atoms with Crippen LogP contribution in [0.1, 0.15) is 37.7 Å². The molecule has 1 aliphatic rings. The second-order valence-corrected chi connectivity index (χ2v) is 8.88. The Bertz CT molecular complexity index is 901. The Hall–Kier alpha value is -2.25. The molecule has 0 aliphatic carbocycles. The quantitative estimate of drug-likeness (QED) is 0.770. The van der Waals surface area contributed by atoms with E-state index in [0.717, 1.165) is 24.1 Å². The van der Waals surface area contributed by atoms with Crippen LogP contribution in [0, 0.1) is 5.82 Å². The van der Waals surface area contributed by atoms with Crippen molar-refractivity contribution in [2.45, 2.75) is 43.0 Å². The van der Waals surface area contributed by atoms with Crippen molar-refractivity contribution in [3.63, 3.8) is 0 Å². The Morgan fingerprint density at radius 2 is 1.86 bits per heavy atom. The molecule has 5 nitrogen and oxygen atoms in total. The van der Waals surface area contributed by atoms with Crippen molar-refractivity contribution in [3.8, 4) is 0 Å². The van der Waals surface area contributed by atoms with E-state index in [4.69, 9.17) is 0 Å². The van der Waals surface area contributed by atoms with Crippen molar-refractivity contribution >= 4 is 15.9 Å². The highest BCUT2D eigenvalue weighted by molar-refractivity contribution is 7.89. The molecular weight excluding hydrogens is 379 g/mol. The van der Waals surface area contributed by atoms with Crippen LogP contribution < -0.4 is 5.32 Å². The Balaban J connectivity index is 1.70. The Morgan fingerprint density at radius 1 is 1.18 bits per heavy atom. The van der Waals surface area contributed by atoms with Crippen LogP contribution in [0.2, 0.25) is 0 Å². The molecule has 1 amide bonds. The molecule has 28 heavy (non-hydrogen) atoms. The minimum absolute atomic E-state index is 0.00400. The molecule has 1 heterocycles. The van der Waals surface area contributed by atoms with Crippen molar-refractivity contribution in [1.82, 2.24) is 9.62 Å². The lowest BCUT2D eigenvalue weighted by Gasteiger charge is -2.24. The van der Waals surface area contributed by atoms with Gasteiger partial charge in [0.25, 0.3) is 0 Å². The first-order valence-electron chi connectivity index (χ1n) is 9.53. The van der Waals surface area contributed by atoms with E-state index < -0.39 is 21.9 Å². The minimum Gasteiger partial charge on any atom is -0.354 e. The van der Waals surface area contributed by atoms with Gasteiger partial charge >= 0.3 is 0 Å². The monoisotopic (exact) mass is 404 g/mol. The van der Waals surface area contributed by atoms with Gasteiger partial charge in [-0.15, -0.1) is 0 Å². The Morgan fingerprint density at radius 3 is 2.50 bits per heavy atom. The molecule has 2 atom stereocenters. The molecule has 2 aromatic carbocycles. The van der Waals surface area contributed by atoms with E-state index in [-0.39, 0.29) is 23.3 Å². The molecule has 150 valence electrons. The third kappa shape index (κ3) is 4.42. The van der Waals surface area contributed by atoms with Gasteiger partial charge in [0, 0.05) is 19.0 Å². The van der Waals surface area contributed by atoms with Gasteiger partial charge in [0.15, 0.2) is 0 Å². The number of halogens is 1. The van der Waals surface area contributed by atoms with E-state index in [2.05, 4.69) is 12.2 Å². The predicted molar refractivity (Wildman–Crippen MR) is 106 cm³/mol. The largest absolute Gasteiger partial charge is 0.354 e. The molecular formula is C21H25FN2O3S. The first-order chi connectivity index (χ1) is 13.4. The number of carbonyl (C=O) groups is 1. The van der Waals surface area contributed by atoms with Crippen LogP contribution in [0.4, 0.5) is 4.39 Å². The maximum absolute atomic E-state index is 13.1.